The Kier molecular flexibility index (Phi) is 6.74. The summed E-state index contributed by atoms with van der Waals surface area (Å²) in [6.45, 7) is 8.22. The minimum Gasteiger partial charge on any atom is -0.379 e. The van der Waals surface area contributed by atoms with Gasteiger partial charge >= 0.3 is 0 Å². The minimum absolute atomic E-state index is 0.0286. The fourth-order valence-electron chi connectivity index (χ4n) is 5.21. The molecular weight excluding hydrogens is 396 g/mol. The van der Waals surface area contributed by atoms with E-state index in [4.69, 9.17) is 9.47 Å². The van der Waals surface area contributed by atoms with Crippen LogP contribution < -0.4 is 5.32 Å². The molecule has 1 aromatic carbocycles. The summed E-state index contributed by atoms with van der Waals surface area (Å²) in [4.78, 5) is 14.2. The third kappa shape index (κ3) is 4.55. The van der Waals surface area contributed by atoms with Crippen molar-refractivity contribution in [3.05, 3.63) is 29.3 Å². The van der Waals surface area contributed by atoms with E-state index in [2.05, 4.69) is 35.3 Å². The van der Waals surface area contributed by atoms with Crippen LogP contribution in [0.15, 0.2) is 23.1 Å². The molecule has 3 atom stereocenters. The molecule has 0 aromatic heterocycles. The molecular formula is C24H32N2O3S. The Hall–Kier alpha value is -1.52. The van der Waals surface area contributed by atoms with E-state index in [0.29, 0.717) is 18.1 Å². The Balaban J connectivity index is 1.53. The Morgan fingerprint density at radius 2 is 2.13 bits per heavy atom. The first-order chi connectivity index (χ1) is 14.5. The summed E-state index contributed by atoms with van der Waals surface area (Å²) >= 11 is 1.67. The zero-order chi connectivity index (χ0) is 21.1. The number of amides is 1. The summed E-state index contributed by atoms with van der Waals surface area (Å²) in [6, 6.07) is 6.12. The third-order valence-corrected chi connectivity index (χ3v) is 8.12. The van der Waals surface area contributed by atoms with E-state index in [-0.39, 0.29) is 17.4 Å². The fourth-order valence-corrected chi connectivity index (χ4v) is 6.21. The van der Waals surface area contributed by atoms with Gasteiger partial charge in [0, 0.05) is 42.3 Å². The third-order valence-electron chi connectivity index (χ3n) is 6.97. The molecule has 0 spiro atoms. The number of hydrogen-bond donors (Lipinski definition) is 1. The van der Waals surface area contributed by atoms with Crippen molar-refractivity contribution in [2.24, 2.45) is 17.3 Å². The number of rotatable bonds is 5. The van der Waals surface area contributed by atoms with Gasteiger partial charge in [-0.25, -0.2) is 4.31 Å². The smallest absolute Gasteiger partial charge is 0.251 e. The Labute approximate surface area is 184 Å². The number of nitrogens with zero attached hydrogens (tertiary/aromatic N) is 1. The number of nitrogens with one attached hydrogen (secondary N) is 1. The lowest BCUT2D eigenvalue weighted by Gasteiger charge is -2.38. The standard InChI is InChI=1S/C24H32N2O3S/c1-24(2)20-9-8-18(15-20)22(24)25-23(27)19-7-6-17(5-4-12-28-3)21(16-19)30-26-10-13-29-14-11-26/h6-7,16,18,20,22H,8-15H2,1-3H3,(H,25,27). The maximum absolute atomic E-state index is 13.2. The molecule has 3 aliphatic rings. The molecule has 2 bridgehead atoms. The Morgan fingerprint density at radius 3 is 2.83 bits per heavy atom. The van der Waals surface area contributed by atoms with Gasteiger partial charge in [-0.3, -0.25) is 4.79 Å². The van der Waals surface area contributed by atoms with Crippen LogP contribution in [-0.2, 0) is 9.47 Å². The van der Waals surface area contributed by atoms with Crippen molar-refractivity contribution in [3.63, 3.8) is 0 Å². The predicted octanol–water partition coefficient (Wildman–Crippen LogP) is 3.58. The van der Waals surface area contributed by atoms with Crippen molar-refractivity contribution in [1.82, 2.24) is 9.62 Å². The second-order valence-corrected chi connectivity index (χ2v) is 10.3. The van der Waals surface area contributed by atoms with Gasteiger partial charge in [0.1, 0.15) is 6.61 Å². The van der Waals surface area contributed by atoms with Crippen LogP contribution in [0.5, 0.6) is 0 Å². The second kappa shape index (κ2) is 9.32. The van der Waals surface area contributed by atoms with Gasteiger partial charge in [0.05, 0.1) is 13.2 Å². The number of methoxy groups -OCH3 is 1. The van der Waals surface area contributed by atoms with Gasteiger partial charge in [-0.15, -0.1) is 0 Å². The number of hydrogen-bond acceptors (Lipinski definition) is 5. The number of fused-ring (bicyclic) bond motifs is 2. The largest absolute Gasteiger partial charge is 0.379 e. The van der Waals surface area contributed by atoms with Crippen LogP contribution in [0.3, 0.4) is 0 Å². The highest BCUT2D eigenvalue weighted by molar-refractivity contribution is 7.97. The quantitative estimate of drug-likeness (QED) is 0.574. The Bertz CT molecular complexity index is 839. The Morgan fingerprint density at radius 1 is 1.33 bits per heavy atom. The molecule has 1 aliphatic heterocycles. The highest BCUT2D eigenvalue weighted by Gasteiger charge is 2.53. The van der Waals surface area contributed by atoms with Crippen LogP contribution in [0.2, 0.25) is 0 Å². The maximum atomic E-state index is 13.2. The van der Waals surface area contributed by atoms with Gasteiger partial charge in [0.2, 0.25) is 0 Å². The second-order valence-electron chi connectivity index (χ2n) is 9.12. The molecule has 1 saturated heterocycles. The lowest BCUT2D eigenvalue weighted by molar-refractivity contribution is 0.0773. The maximum Gasteiger partial charge on any atom is 0.251 e. The number of ether oxygens (including phenoxy) is 2. The van der Waals surface area contributed by atoms with Gasteiger partial charge < -0.3 is 14.8 Å². The summed E-state index contributed by atoms with van der Waals surface area (Å²) in [5.74, 6) is 7.61. The van der Waals surface area contributed by atoms with E-state index in [9.17, 15) is 4.79 Å². The molecule has 1 aromatic rings. The predicted molar refractivity (Wildman–Crippen MR) is 119 cm³/mol. The summed E-state index contributed by atoms with van der Waals surface area (Å²) in [6.07, 6.45) is 3.80. The zero-order valence-electron chi connectivity index (χ0n) is 18.2. The molecule has 2 aliphatic carbocycles. The molecule has 6 heteroatoms. The number of carbonyl (C=O) groups excluding carboxylic acids is 1. The number of carbonyl (C=O) groups is 1. The van der Waals surface area contributed by atoms with Gasteiger partial charge in [-0.2, -0.15) is 0 Å². The highest BCUT2D eigenvalue weighted by Crippen LogP contribution is 2.55. The summed E-state index contributed by atoms with van der Waals surface area (Å²) in [5, 5.41) is 3.38. The van der Waals surface area contributed by atoms with E-state index >= 15 is 0 Å². The van der Waals surface area contributed by atoms with Crippen LogP contribution in [0.1, 0.15) is 49.0 Å². The SMILES string of the molecule is COCC#Cc1ccc(C(=O)NC2C3CCC(C3)C2(C)C)cc1SN1CCOCC1. The van der Waals surface area contributed by atoms with Crippen LogP contribution in [0.4, 0.5) is 0 Å². The monoisotopic (exact) mass is 428 g/mol. The molecule has 1 heterocycles. The summed E-state index contributed by atoms with van der Waals surface area (Å²) < 4.78 is 12.8. The lowest BCUT2D eigenvalue weighted by atomic mass is 9.73. The van der Waals surface area contributed by atoms with Crippen molar-refractivity contribution >= 4 is 17.9 Å². The average Bonchev–Trinajstić information content (AvgIpc) is 3.31. The molecule has 3 fully saturated rings. The van der Waals surface area contributed by atoms with Crippen LogP contribution >= 0.6 is 11.9 Å². The average molecular weight is 429 g/mol. The molecule has 1 N–H and O–H groups in total. The van der Waals surface area contributed by atoms with E-state index < -0.39 is 0 Å². The first-order valence-electron chi connectivity index (χ1n) is 10.9. The van der Waals surface area contributed by atoms with Crippen LogP contribution in [-0.4, -0.2) is 56.3 Å². The molecule has 5 nitrogen and oxygen atoms in total. The molecule has 30 heavy (non-hydrogen) atoms. The van der Waals surface area contributed by atoms with Crippen molar-refractivity contribution in [2.45, 2.75) is 44.0 Å². The van der Waals surface area contributed by atoms with Crippen LogP contribution in [0, 0.1) is 29.1 Å². The topological polar surface area (TPSA) is 50.8 Å². The number of benzene rings is 1. The summed E-state index contributed by atoms with van der Waals surface area (Å²) in [7, 11) is 1.64. The highest BCUT2D eigenvalue weighted by atomic mass is 32.2. The van der Waals surface area contributed by atoms with E-state index in [1.807, 2.05) is 18.2 Å². The molecule has 162 valence electrons. The lowest BCUT2D eigenvalue weighted by Crippen LogP contribution is -2.48. The molecule has 3 unspecified atom stereocenters. The van der Waals surface area contributed by atoms with Gasteiger partial charge in [0.15, 0.2) is 0 Å². The summed E-state index contributed by atoms with van der Waals surface area (Å²) in [5.41, 5.74) is 1.82. The zero-order valence-corrected chi connectivity index (χ0v) is 19.0. The minimum atomic E-state index is 0.0286. The first kappa shape index (κ1) is 21.7. The van der Waals surface area contributed by atoms with Crippen molar-refractivity contribution < 1.29 is 14.3 Å². The molecule has 0 radical (unpaired) electrons. The van der Waals surface area contributed by atoms with E-state index in [0.717, 1.165) is 42.7 Å². The van der Waals surface area contributed by atoms with Gasteiger partial charge in [-0.1, -0.05) is 25.7 Å². The molecule has 1 amide bonds. The van der Waals surface area contributed by atoms with Crippen molar-refractivity contribution in [3.8, 4) is 11.8 Å². The molecule has 2 saturated carbocycles. The van der Waals surface area contributed by atoms with Gasteiger partial charge in [-0.05, 0) is 66.7 Å². The van der Waals surface area contributed by atoms with Crippen molar-refractivity contribution in [2.75, 3.05) is 40.0 Å². The fraction of sp³-hybridized carbons (Fsp3) is 0.625. The van der Waals surface area contributed by atoms with E-state index in [1.54, 1.807) is 19.1 Å². The molecule has 4 rings (SSSR count). The first-order valence-corrected chi connectivity index (χ1v) is 11.7. The van der Waals surface area contributed by atoms with Crippen LogP contribution in [0.25, 0.3) is 0 Å². The normalized spacial score (nSPS) is 27.5. The van der Waals surface area contributed by atoms with E-state index in [1.165, 1.54) is 19.3 Å². The van der Waals surface area contributed by atoms with Crippen molar-refractivity contribution in [1.29, 1.82) is 0 Å². The number of morpholine rings is 1. The van der Waals surface area contributed by atoms with Gasteiger partial charge in [0.25, 0.3) is 5.91 Å².